The standard InChI is InChI=1S/C14H13Cl3N4O/c15-10-4-5-11(13(17)12(10)16)22-7-8-2-1-3-9(6-8)14(18)20-21-19/h1-6,21H,7,19H2,(H2,18,20). The highest BCUT2D eigenvalue weighted by atomic mass is 35.5. The van der Waals surface area contributed by atoms with Crippen molar-refractivity contribution in [3.8, 4) is 5.75 Å². The van der Waals surface area contributed by atoms with E-state index in [0.717, 1.165) is 11.1 Å². The molecular formula is C14H13Cl3N4O. The highest BCUT2D eigenvalue weighted by Crippen LogP contribution is 2.37. The van der Waals surface area contributed by atoms with Gasteiger partial charge < -0.3 is 10.5 Å². The van der Waals surface area contributed by atoms with Crippen molar-refractivity contribution in [2.45, 2.75) is 6.61 Å². The molecule has 2 aromatic carbocycles. The molecule has 0 heterocycles. The minimum absolute atomic E-state index is 0.264. The Labute approximate surface area is 142 Å². The molecule has 0 radical (unpaired) electrons. The van der Waals surface area contributed by atoms with Gasteiger partial charge in [-0.05, 0) is 23.8 Å². The molecule has 0 aliphatic carbocycles. The molecule has 0 aromatic heterocycles. The van der Waals surface area contributed by atoms with Gasteiger partial charge in [0.2, 0.25) is 0 Å². The number of hydrogen-bond acceptors (Lipinski definition) is 4. The summed E-state index contributed by atoms with van der Waals surface area (Å²) in [7, 11) is 0. The Morgan fingerprint density at radius 1 is 1.14 bits per heavy atom. The lowest BCUT2D eigenvalue weighted by molar-refractivity contribution is 0.306. The fraction of sp³-hybridized carbons (Fsp3) is 0.0714. The van der Waals surface area contributed by atoms with Crippen LogP contribution >= 0.6 is 34.8 Å². The third-order valence-corrected chi connectivity index (χ3v) is 4.08. The maximum Gasteiger partial charge on any atom is 0.152 e. The SMILES string of the molecule is NN/N=C(\N)c1cccc(COc2ccc(Cl)c(Cl)c2Cl)c1. The molecule has 2 aromatic rings. The summed E-state index contributed by atoms with van der Waals surface area (Å²) >= 11 is 17.9. The van der Waals surface area contributed by atoms with Crippen molar-refractivity contribution in [3.63, 3.8) is 0 Å². The monoisotopic (exact) mass is 358 g/mol. The predicted molar refractivity (Wildman–Crippen MR) is 90.3 cm³/mol. The van der Waals surface area contributed by atoms with E-state index in [-0.39, 0.29) is 22.5 Å². The van der Waals surface area contributed by atoms with E-state index < -0.39 is 0 Å². The van der Waals surface area contributed by atoms with Gasteiger partial charge >= 0.3 is 0 Å². The number of benzene rings is 2. The second-order valence-electron chi connectivity index (χ2n) is 4.29. The lowest BCUT2D eigenvalue weighted by Crippen LogP contribution is -2.23. The van der Waals surface area contributed by atoms with Crippen molar-refractivity contribution in [1.29, 1.82) is 0 Å². The number of nitrogens with zero attached hydrogens (tertiary/aromatic N) is 1. The number of rotatable bonds is 5. The van der Waals surface area contributed by atoms with Crippen LogP contribution in [0.5, 0.6) is 5.75 Å². The van der Waals surface area contributed by atoms with Gasteiger partial charge in [0, 0.05) is 5.56 Å². The number of hydrogen-bond donors (Lipinski definition) is 3. The van der Waals surface area contributed by atoms with E-state index in [1.165, 1.54) is 0 Å². The van der Waals surface area contributed by atoms with Crippen LogP contribution in [-0.4, -0.2) is 5.84 Å². The molecule has 0 aliphatic rings. The summed E-state index contributed by atoms with van der Waals surface area (Å²) in [5, 5.41) is 4.63. The minimum atomic E-state index is 0.264. The molecule has 116 valence electrons. The van der Waals surface area contributed by atoms with E-state index in [1.54, 1.807) is 12.1 Å². The Bertz CT molecular complexity index is 706. The third kappa shape index (κ3) is 3.96. The minimum Gasteiger partial charge on any atom is -0.487 e. The highest BCUT2D eigenvalue weighted by molar-refractivity contribution is 6.48. The number of halogens is 3. The zero-order valence-electron chi connectivity index (χ0n) is 11.3. The fourth-order valence-corrected chi connectivity index (χ4v) is 2.32. The third-order valence-electron chi connectivity index (χ3n) is 2.80. The number of nitrogens with one attached hydrogen (secondary N) is 1. The maximum absolute atomic E-state index is 6.09. The van der Waals surface area contributed by atoms with Crippen molar-refractivity contribution < 1.29 is 4.74 Å². The lowest BCUT2D eigenvalue weighted by atomic mass is 10.1. The summed E-state index contributed by atoms with van der Waals surface area (Å²) in [6.45, 7) is 0.287. The van der Waals surface area contributed by atoms with Gasteiger partial charge in [0.1, 0.15) is 17.4 Å². The van der Waals surface area contributed by atoms with Crippen LogP contribution in [0.2, 0.25) is 15.1 Å². The highest BCUT2D eigenvalue weighted by Gasteiger charge is 2.10. The average molecular weight is 360 g/mol. The largest absolute Gasteiger partial charge is 0.487 e. The fourth-order valence-electron chi connectivity index (χ4n) is 1.74. The predicted octanol–water partition coefficient (Wildman–Crippen LogP) is 3.31. The zero-order chi connectivity index (χ0) is 16.1. The molecule has 0 spiro atoms. The van der Waals surface area contributed by atoms with Crippen LogP contribution in [-0.2, 0) is 6.61 Å². The Balaban J connectivity index is 2.14. The quantitative estimate of drug-likeness (QED) is 0.251. The van der Waals surface area contributed by atoms with Crippen molar-refractivity contribution in [1.82, 2.24) is 5.53 Å². The molecule has 0 fully saturated rings. The summed E-state index contributed by atoms with van der Waals surface area (Å²) < 4.78 is 5.66. The molecule has 22 heavy (non-hydrogen) atoms. The number of hydrazine groups is 1. The van der Waals surface area contributed by atoms with E-state index in [2.05, 4.69) is 10.6 Å². The van der Waals surface area contributed by atoms with Gasteiger partial charge in [-0.2, -0.15) is 0 Å². The van der Waals surface area contributed by atoms with E-state index in [1.807, 2.05) is 24.3 Å². The van der Waals surface area contributed by atoms with E-state index in [0.29, 0.717) is 10.8 Å². The Hall–Kier alpha value is -1.66. The molecule has 0 amide bonds. The van der Waals surface area contributed by atoms with Crippen LogP contribution in [0.25, 0.3) is 0 Å². The molecule has 5 nitrogen and oxygen atoms in total. The van der Waals surface area contributed by atoms with Gasteiger partial charge in [-0.3, -0.25) is 0 Å². The second kappa shape index (κ2) is 7.56. The van der Waals surface area contributed by atoms with Crippen molar-refractivity contribution in [2.75, 3.05) is 0 Å². The van der Waals surface area contributed by atoms with Gasteiger partial charge in [-0.25, -0.2) is 11.4 Å². The zero-order valence-corrected chi connectivity index (χ0v) is 13.6. The average Bonchev–Trinajstić information content (AvgIpc) is 2.52. The van der Waals surface area contributed by atoms with Crippen LogP contribution < -0.4 is 21.8 Å². The van der Waals surface area contributed by atoms with Crippen LogP contribution in [0, 0.1) is 0 Å². The molecule has 0 aliphatic heterocycles. The summed E-state index contributed by atoms with van der Waals surface area (Å²) in [6, 6.07) is 10.7. The van der Waals surface area contributed by atoms with E-state index in [9.17, 15) is 0 Å². The number of amidine groups is 1. The molecule has 0 bridgehead atoms. The number of ether oxygens (including phenoxy) is 1. The first-order chi connectivity index (χ1) is 10.5. The van der Waals surface area contributed by atoms with Crippen LogP contribution in [0.1, 0.15) is 11.1 Å². The van der Waals surface area contributed by atoms with Gasteiger partial charge in [0.15, 0.2) is 5.84 Å². The molecule has 0 saturated carbocycles. The first-order valence-electron chi connectivity index (χ1n) is 6.17. The summed E-state index contributed by atoms with van der Waals surface area (Å²) in [4.78, 5) is 0. The maximum atomic E-state index is 6.09. The Morgan fingerprint density at radius 3 is 2.64 bits per heavy atom. The van der Waals surface area contributed by atoms with Gasteiger partial charge in [-0.1, -0.05) is 53.0 Å². The Kier molecular flexibility index (Phi) is 5.74. The summed E-state index contributed by atoms with van der Waals surface area (Å²) in [6.07, 6.45) is 0. The lowest BCUT2D eigenvalue weighted by Gasteiger charge is -2.10. The molecule has 8 heteroatoms. The van der Waals surface area contributed by atoms with Crippen molar-refractivity contribution in [3.05, 3.63) is 62.6 Å². The second-order valence-corrected chi connectivity index (χ2v) is 5.45. The Morgan fingerprint density at radius 2 is 1.91 bits per heavy atom. The van der Waals surface area contributed by atoms with Gasteiger partial charge in [0.25, 0.3) is 0 Å². The van der Waals surface area contributed by atoms with Gasteiger partial charge in [-0.15, -0.1) is 5.10 Å². The van der Waals surface area contributed by atoms with Crippen LogP contribution in [0.4, 0.5) is 0 Å². The van der Waals surface area contributed by atoms with Crippen LogP contribution in [0.3, 0.4) is 0 Å². The van der Waals surface area contributed by atoms with E-state index >= 15 is 0 Å². The van der Waals surface area contributed by atoms with E-state index in [4.69, 9.17) is 51.1 Å². The number of nitrogens with two attached hydrogens (primary N) is 2. The summed E-state index contributed by atoms with van der Waals surface area (Å²) in [5.74, 6) is 5.83. The van der Waals surface area contributed by atoms with Crippen molar-refractivity contribution in [2.24, 2.45) is 16.7 Å². The molecule has 2 rings (SSSR count). The molecule has 0 saturated heterocycles. The molecular weight excluding hydrogens is 347 g/mol. The van der Waals surface area contributed by atoms with Crippen molar-refractivity contribution >= 4 is 40.6 Å². The molecule has 0 atom stereocenters. The normalized spacial score (nSPS) is 11.4. The first kappa shape index (κ1) is 16.7. The molecule has 0 unspecified atom stereocenters. The summed E-state index contributed by atoms with van der Waals surface area (Å²) in [5.41, 5.74) is 9.51. The van der Waals surface area contributed by atoms with Crippen LogP contribution in [0.15, 0.2) is 41.5 Å². The number of hydrazone groups is 1. The van der Waals surface area contributed by atoms with Gasteiger partial charge in [0.05, 0.1) is 10.0 Å². The smallest absolute Gasteiger partial charge is 0.152 e. The topological polar surface area (TPSA) is 85.7 Å². The first-order valence-corrected chi connectivity index (χ1v) is 7.30. The molecule has 5 N–H and O–H groups in total.